The van der Waals surface area contributed by atoms with Gasteiger partial charge in [-0.1, -0.05) is 29.3 Å². The number of nitrogens with zero attached hydrogens (tertiary/aromatic N) is 2. The van der Waals surface area contributed by atoms with E-state index in [-0.39, 0.29) is 0 Å². The quantitative estimate of drug-likeness (QED) is 0.355. The predicted molar refractivity (Wildman–Crippen MR) is 130 cm³/mol. The van der Waals surface area contributed by atoms with Gasteiger partial charge < -0.3 is 29.6 Å². The monoisotopic (exact) mass is 509 g/mol. The van der Waals surface area contributed by atoms with Crippen LogP contribution in [0.15, 0.2) is 48.7 Å². The van der Waals surface area contributed by atoms with E-state index in [2.05, 4.69) is 14.9 Å². The van der Waals surface area contributed by atoms with Crippen molar-refractivity contribution in [2.24, 2.45) is 0 Å². The second-order valence-electron chi connectivity index (χ2n) is 6.77. The van der Waals surface area contributed by atoms with Crippen LogP contribution in [0.3, 0.4) is 0 Å². The second kappa shape index (κ2) is 13.4. The Morgan fingerprint density at radius 2 is 1.76 bits per heavy atom. The van der Waals surface area contributed by atoms with E-state index in [1.807, 2.05) is 49.5 Å². The third-order valence-electron chi connectivity index (χ3n) is 4.47. The van der Waals surface area contributed by atoms with Crippen LogP contribution in [0.25, 0.3) is 11.3 Å². The Morgan fingerprint density at radius 3 is 2.32 bits per heavy atom. The average Bonchev–Trinajstić information content (AvgIpc) is 3.20. The van der Waals surface area contributed by atoms with Gasteiger partial charge in [0, 0.05) is 35.8 Å². The van der Waals surface area contributed by atoms with E-state index in [0.29, 0.717) is 36.3 Å². The van der Waals surface area contributed by atoms with Crippen LogP contribution in [0.1, 0.15) is 12.5 Å². The number of carboxylic acids is 2. The van der Waals surface area contributed by atoms with Crippen molar-refractivity contribution in [2.75, 3.05) is 25.6 Å². The van der Waals surface area contributed by atoms with Crippen molar-refractivity contribution >= 4 is 41.1 Å². The molecular weight excluding hydrogens is 485 g/mol. The van der Waals surface area contributed by atoms with E-state index in [4.69, 9.17) is 52.5 Å². The Labute approximate surface area is 206 Å². The summed E-state index contributed by atoms with van der Waals surface area (Å²) >= 11 is 12.3. The minimum atomic E-state index is -1.82. The molecular formula is C23H25Cl2N3O6. The van der Waals surface area contributed by atoms with Crippen molar-refractivity contribution < 1.29 is 29.3 Å². The van der Waals surface area contributed by atoms with Gasteiger partial charge in [0.05, 0.1) is 25.1 Å². The number of anilines is 1. The molecule has 0 saturated heterocycles. The summed E-state index contributed by atoms with van der Waals surface area (Å²) in [5.41, 5.74) is 3.02. The number of aliphatic carboxylic acids is 2. The molecule has 182 valence electrons. The first-order chi connectivity index (χ1) is 16.3. The number of benzene rings is 2. The number of carboxylic acid groups (broad SMARTS) is 2. The molecule has 3 aromatic rings. The zero-order valence-electron chi connectivity index (χ0n) is 18.6. The predicted octanol–water partition coefficient (Wildman–Crippen LogP) is 4.67. The molecule has 3 N–H and O–H groups in total. The Hall–Kier alpha value is -3.27. The smallest absolute Gasteiger partial charge is 0.414 e. The Balaban J connectivity index is 0.000000604. The molecule has 0 spiro atoms. The zero-order valence-corrected chi connectivity index (χ0v) is 20.1. The van der Waals surface area contributed by atoms with Crippen molar-refractivity contribution in [2.45, 2.75) is 20.0 Å². The summed E-state index contributed by atoms with van der Waals surface area (Å²) in [6, 6.07) is 13.5. The molecule has 0 fully saturated rings. The summed E-state index contributed by atoms with van der Waals surface area (Å²) < 4.78 is 12.9. The van der Waals surface area contributed by atoms with E-state index in [1.165, 1.54) is 0 Å². The minimum absolute atomic E-state index is 0.544. The summed E-state index contributed by atoms with van der Waals surface area (Å²) in [7, 11) is 1.69. The number of aromatic nitrogens is 2. The molecule has 0 amide bonds. The van der Waals surface area contributed by atoms with Crippen LogP contribution in [0.4, 0.5) is 5.95 Å². The summed E-state index contributed by atoms with van der Waals surface area (Å²) in [4.78, 5) is 22.8. The lowest BCUT2D eigenvalue weighted by atomic mass is 10.1. The van der Waals surface area contributed by atoms with Gasteiger partial charge >= 0.3 is 11.9 Å². The van der Waals surface area contributed by atoms with Crippen molar-refractivity contribution in [1.29, 1.82) is 0 Å². The number of imidazole rings is 1. The molecule has 3 rings (SSSR count). The number of halogens is 2. The number of hydrogen-bond donors (Lipinski definition) is 3. The number of rotatable bonds is 9. The van der Waals surface area contributed by atoms with Crippen LogP contribution in [-0.4, -0.2) is 52.0 Å². The van der Waals surface area contributed by atoms with Crippen LogP contribution in [0.5, 0.6) is 5.75 Å². The first kappa shape index (κ1) is 27.0. The molecule has 0 unspecified atom stereocenters. The van der Waals surface area contributed by atoms with E-state index in [9.17, 15) is 0 Å². The third-order valence-corrected chi connectivity index (χ3v) is 5.06. The molecule has 0 aliphatic rings. The molecule has 0 aliphatic carbocycles. The fourth-order valence-electron chi connectivity index (χ4n) is 2.88. The van der Waals surface area contributed by atoms with E-state index < -0.39 is 11.9 Å². The summed E-state index contributed by atoms with van der Waals surface area (Å²) in [5.74, 6) is -2.04. The molecule has 0 radical (unpaired) electrons. The van der Waals surface area contributed by atoms with E-state index in [0.717, 1.165) is 28.5 Å². The van der Waals surface area contributed by atoms with Crippen LogP contribution in [0.2, 0.25) is 10.0 Å². The minimum Gasteiger partial charge on any atom is -0.494 e. The zero-order chi connectivity index (χ0) is 25.1. The van der Waals surface area contributed by atoms with Crippen molar-refractivity contribution in [3.63, 3.8) is 0 Å². The Kier molecular flexibility index (Phi) is 10.7. The van der Waals surface area contributed by atoms with Crippen LogP contribution in [-0.2, 0) is 27.4 Å². The third kappa shape index (κ3) is 7.95. The first-order valence-electron chi connectivity index (χ1n) is 10.2. The Bertz CT molecular complexity index is 1090. The average molecular weight is 510 g/mol. The number of methoxy groups -OCH3 is 1. The van der Waals surface area contributed by atoms with E-state index >= 15 is 0 Å². The molecule has 1 heterocycles. The fourth-order valence-corrected chi connectivity index (χ4v) is 3.36. The maximum atomic E-state index is 9.10. The molecule has 0 bridgehead atoms. The largest absolute Gasteiger partial charge is 0.494 e. The lowest BCUT2D eigenvalue weighted by molar-refractivity contribution is -0.159. The maximum Gasteiger partial charge on any atom is 0.414 e. The van der Waals surface area contributed by atoms with Crippen LogP contribution >= 0.6 is 23.2 Å². The molecule has 2 aromatic carbocycles. The highest BCUT2D eigenvalue weighted by atomic mass is 35.5. The normalized spacial score (nSPS) is 10.2. The number of hydrogen-bond acceptors (Lipinski definition) is 6. The number of carbonyl (C=O) groups is 2. The summed E-state index contributed by atoms with van der Waals surface area (Å²) in [6.45, 7) is 4.42. The topological polar surface area (TPSA) is 123 Å². The molecule has 0 atom stereocenters. The molecule has 1 aromatic heterocycles. The van der Waals surface area contributed by atoms with Gasteiger partial charge in [0.2, 0.25) is 5.95 Å². The fraction of sp³-hybridized carbons (Fsp3) is 0.261. The van der Waals surface area contributed by atoms with Gasteiger partial charge in [0.1, 0.15) is 5.75 Å². The highest BCUT2D eigenvalue weighted by Crippen LogP contribution is 2.27. The molecule has 9 nitrogen and oxygen atoms in total. The van der Waals surface area contributed by atoms with Crippen LogP contribution < -0.4 is 10.1 Å². The second-order valence-corrected chi connectivity index (χ2v) is 7.61. The molecule has 34 heavy (non-hydrogen) atoms. The SMILES string of the molecule is CCOc1ccc(-c2cnc(NCc3ccc(Cl)cc3Cl)n2CCOC)cc1.O=C(O)C(=O)O. The van der Waals surface area contributed by atoms with Crippen molar-refractivity contribution in [1.82, 2.24) is 9.55 Å². The molecule has 0 aliphatic heterocycles. The summed E-state index contributed by atoms with van der Waals surface area (Å²) in [6.07, 6.45) is 1.86. The van der Waals surface area contributed by atoms with E-state index in [1.54, 1.807) is 13.2 Å². The lowest BCUT2D eigenvalue weighted by Gasteiger charge is -2.14. The van der Waals surface area contributed by atoms with Crippen molar-refractivity contribution in [3.8, 4) is 17.0 Å². The van der Waals surface area contributed by atoms with Gasteiger partial charge in [-0.25, -0.2) is 14.6 Å². The number of nitrogens with one attached hydrogen (secondary N) is 1. The molecule has 11 heteroatoms. The van der Waals surface area contributed by atoms with Gasteiger partial charge in [0.15, 0.2) is 0 Å². The van der Waals surface area contributed by atoms with Crippen LogP contribution in [0, 0.1) is 0 Å². The van der Waals surface area contributed by atoms with Gasteiger partial charge in [-0.3, -0.25) is 0 Å². The van der Waals surface area contributed by atoms with Gasteiger partial charge in [-0.15, -0.1) is 0 Å². The highest BCUT2D eigenvalue weighted by Gasteiger charge is 2.13. The standard InChI is InChI=1S/C21H23Cl2N3O2.C2H2O4/c1-3-28-18-8-5-15(6-9-18)20-14-25-21(26(20)10-11-27-2)24-13-16-4-7-17(22)12-19(16)23;3-1(4)2(5)6/h4-9,12,14H,3,10-11,13H2,1-2H3,(H,24,25);(H,3,4)(H,5,6). The van der Waals surface area contributed by atoms with Crippen molar-refractivity contribution in [3.05, 3.63) is 64.3 Å². The summed E-state index contributed by atoms with van der Waals surface area (Å²) in [5, 5.41) is 19.4. The Morgan fingerprint density at radius 1 is 1.09 bits per heavy atom. The number of ether oxygens (including phenoxy) is 2. The van der Waals surface area contributed by atoms with Gasteiger partial charge in [0.25, 0.3) is 0 Å². The first-order valence-corrected chi connectivity index (χ1v) is 10.9. The molecule has 0 saturated carbocycles. The van der Waals surface area contributed by atoms with Gasteiger partial charge in [-0.2, -0.15) is 0 Å². The van der Waals surface area contributed by atoms with Gasteiger partial charge in [-0.05, 0) is 48.9 Å². The maximum absolute atomic E-state index is 9.10. The lowest BCUT2D eigenvalue weighted by Crippen LogP contribution is -2.12. The highest BCUT2D eigenvalue weighted by molar-refractivity contribution is 6.35.